The summed E-state index contributed by atoms with van der Waals surface area (Å²) in [5, 5.41) is 21.2. The van der Waals surface area contributed by atoms with Gasteiger partial charge in [0.05, 0.1) is 23.3 Å². The molecule has 2 aliphatic heterocycles. The number of carboxylic acids is 1. The van der Waals surface area contributed by atoms with Gasteiger partial charge in [0, 0.05) is 19.6 Å². The standard InChI is InChI=1S/C26H38N2O6S2.C2H5NO3/c1-3-33-13-14-34-25(32)22-17-26(35-15-8-16-36-26)18-28(22)23(29)19(2)27-21(24(30)31)12-11-20-9-6-4-5-7-10-20;1-2-6-3(4)5/h4-6,9-10,19,21-22,27H,3,7-8,11-18H2,1-2H3,(H,30,31);2H2,1H3. The van der Waals surface area contributed by atoms with E-state index >= 15 is 0 Å². The third-order valence-electron chi connectivity index (χ3n) is 6.69. The largest absolute Gasteiger partial charge is 0.480 e. The van der Waals surface area contributed by atoms with Crippen molar-refractivity contribution in [3.63, 3.8) is 0 Å². The van der Waals surface area contributed by atoms with Gasteiger partial charge in [-0.05, 0) is 58.0 Å². The van der Waals surface area contributed by atoms with Crippen molar-refractivity contribution in [1.29, 1.82) is 0 Å². The minimum absolute atomic E-state index is 0.132. The highest BCUT2D eigenvalue weighted by Crippen LogP contribution is 2.50. The predicted octanol–water partition coefficient (Wildman–Crippen LogP) is 3.60. The number of carbonyl (C=O) groups is 3. The molecule has 0 bridgehead atoms. The maximum atomic E-state index is 13.6. The Kier molecular flexibility index (Phi) is 16.0. The van der Waals surface area contributed by atoms with E-state index in [-0.39, 0.29) is 23.2 Å². The molecule has 0 radical (unpaired) electrons. The highest BCUT2D eigenvalue weighted by molar-refractivity contribution is 8.18. The molecule has 42 heavy (non-hydrogen) atoms. The van der Waals surface area contributed by atoms with Crippen LogP contribution in [-0.2, 0) is 28.7 Å². The molecule has 236 valence electrons. The summed E-state index contributed by atoms with van der Waals surface area (Å²) in [6, 6.07) is -2.31. The van der Waals surface area contributed by atoms with Gasteiger partial charge in [0.2, 0.25) is 5.91 Å². The van der Waals surface area contributed by atoms with Crippen molar-refractivity contribution in [2.75, 3.05) is 44.5 Å². The Morgan fingerprint density at radius 1 is 1.21 bits per heavy atom. The van der Waals surface area contributed by atoms with Crippen molar-refractivity contribution in [3.8, 4) is 0 Å². The maximum Gasteiger partial charge on any atom is 0.329 e. The first-order valence-electron chi connectivity index (χ1n) is 14.2. The molecule has 1 amide bonds. The molecule has 1 aliphatic carbocycles. The highest BCUT2D eigenvalue weighted by Gasteiger charge is 2.51. The fourth-order valence-electron chi connectivity index (χ4n) is 4.67. The molecule has 3 atom stereocenters. The molecule has 3 unspecified atom stereocenters. The Balaban J connectivity index is 0.000000928. The molecular weight excluding hydrogens is 586 g/mol. The monoisotopic (exact) mass is 629 g/mol. The molecule has 2 saturated heterocycles. The first kappa shape index (κ1) is 35.6. The molecule has 2 N–H and O–H groups in total. The molecule has 2 fully saturated rings. The number of thioether (sulfide) groups is 2. The summed E-state index contributed by atoms with van der Waals surface area (Å²) >= 11 is 3.62. The van der Waals surface area contributed by atoms with Gasteiger partial charge in [-0.15, -0.1) is 33.6 Å². The van der Waals surface area contributed by atoms with Crippen LogP contribution in [0.15, 0.2) is 36.0 Å². The lowest BCUT2D eigenvalue weighted by molar-refractivity contribution is -0.756. The number of likely N-dealkylation sites (tertiary alicyclic amines) is 1. The summed E-state index contributed by atoms with van der Waals surface area (Å²) in [7, 11) is 0. The van der Waals surface area contributed by atoms with Crippen LogP contribution in [0.25, 0.3) is 0 Å². The van der Waals surface area contributed by atoms with Crippen LogP contribution in [0.2, 0.25) is 0 Å². The lowest BCUT2D eigenvalue weighted by atomic mass is 10.0. The van der Waals surface area contributed by atoms with Crippen molar-refractivity contribution < 1.29 is 38.9 Å². The average molecular weight is 630 g/mol. The number of ether oxygens (including phenoxy) is 2. The quantitative estimate of drug-likeness (QED) is 0.125. The first-order valence-corrected chi connectivity index (χ1v) is 16.2. The molecule has 14 heteroatoms. The van der Waals surface area contributed by atoms with Gasteiger partial charge in [0.1, 0.15) is 18.7 Å². The SMILES string of the molecule is CCOCCOC(=O)C1CC2(CN1C(=O)C(C)NC(CCC1=CCC=CC=C1)C(=O)O)SCCCS2.CCO[N+](=O)[O-]. The van der Waals surface area contributed by atoms with Gasteiger partial charge in [-0.2, -0.15) is 0 Å². The number of hydrogen-bond acceptors (Lipinski definition) is 11. The van der Waals surface area contributed by atoms with Crippen molar-refractivity contribution >= 4 is 41.4 Å². The van der Waals surface area contributed by atoms with E-state index in [4.69, 9.17) is 9.47 Å². The summed E-state index contributed by atoms with van der Waals surface area (Å²) < 4.78 is 10.5. The van der Waals surface area contributed by atoms with Crippen molar-refractivity contribution in [1.82, 2.24) is 10.2 Å². The fourth-order valence-corrected chi connectivity index (χ4v) is 8.02. The number of carbonyl (C=O) groups excluding carboxylic acids is 2. The zero-order valence-corrected chi connectivity index (χ0v) is 26.2. The second kappa shape index (κ2) is 18.9. The van der Waals surface area contributed by atoms with E-state index in [1.807, 2.05) is 54.8 Å². The summed E-state index contributed by atoms with van der Waals surface area (Å²) in [5.74, 6) is 0.309. The van der Waals surface area contributed by atoms with Crippen LogP contribution in [0.1, 0.15) is 52.9 Å². The van der Waals surface area contributed by atoms with Gasteiger partial charge in [-0.3, -0.25) is 14.9 Å². The third kappa shape index (κ3) is 12.0. The third-order valence-corrected chi connectivity index (χ3v) is 10.0. The van der Waals surface area contributed by atoms with E-state index in [1.54, 1.807) is 18.7 Å². The van der Waals surface area contributed by atoms with E-state index in [9.17, 15) is 29.6 Å². The highest BCUT2D eigenvalue weighted by atomic mass is 32.2. The summed E-state index contributed by atoms with van der Waals surface area (Å²) in [4.78, 5) is 53.1. The number of allylic oxidation sites excluding steroid dienone is 6. The van der Waals surface area contributed by atoms with Gasteiger partial charge in [-0.25, -0.2) is 4.79 Å². The number of esters is 1. The summed E-state index contributed by atoms with van der Waals surface area (Å²) in [6.07, 6.45) is 13.4. The second-order valence-electron chi connectivity index (χ2n) is 9.77. The predicted molar refractivity (Wildman–Crippen MR) is 163 cm³/mol. The van der Waals surface area contributed by atoms with Crippen LogP contribution >= 0.6 is 23.5 Å². The van der Waals surface area contributed by atoms with Crippen molar-refractivity contribution in [2.45, 2.75) is 75.1 Å². The number of nitrogens with one attached hydrogen (secondary N) is 1. The average Bonchev–Trinajstić information content (AvgIpc) is 3.12. The van der Waals surface area contributed by atoms with E-state index in [0.717, 1.165) is 29.9 Å². The molecule has 3 aliphatic rings. The molecule has 3 rings (SSSR count). The van der Waals surface area contributed by atoms with Gasteiger partial charge in [-0.1, -0.05) is 36.0 Å². The van der Waals surface area contributed by atoms with Gasteiger partial charge < -0.3 is 24.3 Å². The van der Waals surface area contributed by atoms with Crippen LogP contribution in [0, 0.1) is 10.1 Å². The van der Waals surface area contributed by atoms with Gasteiger partial charge in [0.25, 0.3) is 5.09 Å². The molecule has 0 aromatic carbocycles. The zero-order chi connectivity index (χ0) is 31.0. The first-order chi connectivity index (χ1) is 20.1. The second-order valence-corrected chi connectivity index (χ2v) is 13.0. The van der Waals surface area contributed by atoms with Crippen LogP contribution in [0.3, 0.4) is 0 Å². The van der Waals surface area contributed by atoms with Crippen LogP contribution in [-0.4, -0.2) is 99.6 Å². The normalized spacial score (nSPS) is 20.5. The number of nitrogens with zero attached hydrogens (tertiary/aromatic N) is 2. The Morgan fingerprint density at radius 2 is 1.95 bits per heavy atom. The van der Waals surface area contributed by atoms with Crippen molar-refractivity contribution in [3.05, 3.63) is 46.1 Å². The number of rotatable bonds is 14. The number of carboxylic acid groups (broad SMARTS) is 1. The smallest absolute Gasteiger partial charge is 0.329 e. The van der Waals surface area contributed by atoms with E-state index in [0.29, 0.717) is 39.0 Å². The van der Waals surface area contributed by atoms with Gasteiger partial charge in [0.15, 0.2) is 0 Å². The maximum absolute atomic E-state index is 13.6. The van der Waals surface area contributed by atoms with Crippen molar-refractivity contribution in [2.24, 2.45) is 0 Å². The number of aliphatic carboxylic acids is 1. The zero-order valence-electron chi connectivity index (χ0n) is 24.5. The lowest BCUT2D eigenvalue weighted by Gasteiger charge is -2.32. The van der Waals surface area contributed by atoms with E-state index < -0.39 is 35.2 Å². The molecule has 2 heterocycles. The molecule has 12 nitrogen and oxygen atoms in total. The minimum atomic E-state index is -0.992. The minimum Gasteiger partial charge on any atom is -0.480 e. The topological polar surface area (TPSA) is 158 Å². The number of amides is 1. The molecule has 0 aromatic heterocycles. The van der Waals surface area contributed by atoms with Gasteiger partial charge >= 0.3 is 11.9 Å². The van der Waals surface area contributed by atoms with Crippen LogP contribution in [0.4, 0.5) is 0 Å². The number of hydrogen-bond donors (Lipinski definition) is 2. The van der Waals surface area contributed by atoms with Crippen LogP contribution in [0.5, 0.6) is 0 Å². The molecule has 0 aromatic rings. The Bertz CT molecular complexity index is 999. The van der Waals surface area contributed by atoms with Crippen LogP contribution < -0.4 is 5.32 Å². The molecule has 1 spiro atoms. The van der Waals surface area contributed by atoms with E-state index in [1.165, 1.54) is 0 Å². The Morgan fingerprint density at radius 3 is 2.57 bits per heavy atom. The Hall–Kier alpha value is -2.55. The molecule has 0 saturated carbocycles. The Labute approximate surface area is 255 Å². The summed E-state index contributed by atoms with van der Waals surface area (Å²) in [6.45, 7) is 6.69. The molecular formula is C28H43N3O9S2. The van der Waals surface area contributed by atoms with E-state index in [2.05, 4.69) is 16.2 Å². The fraction of sp³-hybridized carbons (Fsp3) is 0.679. The lowest BCUT2D eigenvalue weighted by Crippen LogP contribution is -2.53. The summed E-state index contributed by atoms with van der Waals surface area (Å²) in [5.41, 5.74) is 1.08.